The summed E-state index contributed by atoms with van der Waals surface area (Å²) >= 11 is 5.80. The van der Waals surface area contributed by atoms with Gasteiger partial charge in [-0.25, -0.2) is 4.98 Å². The molecular weight excluding hydrogens is 224 g/mol. The van der Waals surface area contributed by atoms with Gasteiger partial charge in [0.05, 0.1) is 0 Å². The number of aromatic nitrogens is 1. The number of carbonyl (C=O) groups is 1. The molecule has 0 aliphatic heterocycles. The molecule has 0 saturated heterocycles. The van der Waals surface area contributed by atoms with Crippen LogP contribution >= 0.6 is 11.6 Å². The first-order valence-corrected chi connectivity index (χ1v) is 5.53. The van der Waals surface area contributed by atoms with Crippen LogP contribution in [0.15, 0.2) is 23.9 Å². The number of allylic oxidation sites excluding steroid dienone is 1. The molecule has 1 aliphatic carbocycles. The fourth-order valence-corrected chi connectivity index (χ4v) is 1.98. The SMILES string of the molecule is CN(C)C=C1CCc2ccc(Cl)nc2C1=O. The van der Waals surface area contributed by atoms with Crippen LogP contribution in [0.2, 0.25) is 5.15 Å². The summed E-state index contributed by atoms with van der Waals surface area (Å²) in [4.78, 5) is 18.1. The predicted molar refractivity (Wildman–Crippen MR) is 63.7 cm³/mol. The highest BCUT2D eigenvalue weighted by Gasteiger charge is 2.23. The minimum Gasteiger partial charge on any atom is -0.383 e. The quantitative estimate of drug-likeness (QED) is 0.554. The van der Waals surface area contributed by atoms with E-state index in [1.807, 2.05) is 31.3 Å². The Bertz CT molecular complexity index is 466. The third-order valence-corrected chi connectivity index (χ3v) is 2.74. The maximum absolute atomic E-state index is 12.1. The summed E-state index contributed by atoms with van der Waals surface area (Å²) < 4.78 is 0. The fraction of sp³-hybridized carbons (Fsp3) is 0.333. The fourth-order valence-electron chi connectivity index (χ4n) is 1.83. The molecule has 1 aliphatic rings. The lowest BCUT2D eigenvalue weighted by atomic mass is 9.91. The number of ketones is 1. The third-order valence-electron chi connectivity index (χ3n) is 2.53. The van der Waals surface area contributed by atoms with E-state index >= 15 is 0 Å². The van der Waals surface area contributed by atoms with Crippen molar-refractivity contribution in [1.82, 2.24) is 9.88 Å². The molecule has 3 nitrogen and oxygen atoms in total. The molecule has 1 aromatic heterocycles. The number of Topliss-reactive ketones (excluding diaryl/α,β-unsaturated/α-hetero) is 1. The van der Waals surface area contributed by atoms with Gasteiger partial charge in [-0.2, -0.15) is 0 Å². The second-order valence-corrected chi connectivity index (χ2v) is 4.48. The van der Waals surface area contributed by atoms with Gasteiger partial charge < -0.3 is 4.90 Å². The largest absolute Gasteiger partial charge is 0.383 e. The average molecular weight is 237 g/mol. The molecule has 0 fully saturated rings. The standard InChI is InChI=1S/C12H13ClN2O/c1-15(2)7-9-4-3-8-5-6-10(13)14-11(8)12(9)16/h5-7H,3-4H2,1-2H3. The van der Waals surface area contributed by atoms with Crippen LogP contribution < -0.4 is 0 Å². The Morgan fingerprint density at radius 1 is 1.38 bits per heavy atom. The van der Waals surface area contributed by atoms with Crippen LogP contribution in [0.5, 0.6) is 0 Å². The van der Waals surface area contributed by atoms with E-state index in [1.54, 1.807) is 6.07 Å². The van der Waals surface area contributed by atoms with Crippen molar-refractivity contribution in [1.29, 1.82) is 0 Å². The molecule has 0 saturated carbocycles. The lowest BCUT2D eigenvalue weighted by Crippen LogP contribution is -2.18. The van der Waals surface area contributed by atoms with Gasteiger partial charge in [0.2, 0.25) is 5.78 Å². The molecule has 0 atom stereocenters. The number of carbonyl (C=O) groups excluding carboxylic acids is 1. The number of hydrogen-bond donors (Lipinski definition) is 0. The van der Waals surface area contributed by atoms with Crippen LogP contribution in [-0.2, 0) is 6.42 Å². The van der Waals surface area contributed by atoms with Crippen LogP contribution in [-0.4, -0.2) is 29.8 Å². The van der Waals surface area contributed by atoms with Crippen LogP contribution in [0.25, 0.3) is 0 Å². The second-order valence-electron chi connectivity index (χ2n) is 4.09. The zero-order valence-electron chi connectivity index (χ0n) is 9.33. The predicted octanol–water partition coefficient (Wildman–Crippen LogP) is 2.31. The van der Waals surface area contributed by atoms with Crippen LogP contribution in [0.4, 0.5) is 0 Å². The van der Waals surface area contributed by atoms with Crippen molar-refractivity contribution >= 4 is 17.4 Å². The summed E-state index contributed by atoms with van der Waals surface area (Å²) in [6.07, 6.45) is 3.48. The highest BCUT2D eigenvalue weighted by atomic mass is 35.5. The Kier molecular flexibility index (Phi) is 2.97. The van der Waals surface area contributed by atoms with E-state index in [1.165, 1.54) is 0 Å². The summed E-state index contributed by atoms with van der Waals surface area (Å²) in [6, 6.07) is 3.61. The molecule has 1 heterocycles. The van der Waals surface area contributed by atoms with Crippen molar-refractivity contribution in [2.75, 3.05) is 14.1 Å². The van der Waals surface area contributed by atoms with Gasteiger partial charge >= 0.3 is 0 Å². The van der Waals surface area contributed by atoms with E-state index in [-0.39, 0.29) is 5.78 Å². The van der Waals surface area contributed by atoms with Crippen molar-refractivity contribution in [3.8, 4) is 0 Å². The zero-order valence-corrected chi connectivity index (χ0v) is 10.1. The highest BCUT2D eigenvalue weighted by Crippen LogP contribution is 2.25. The topological polar surface area (TPSA) is 33.2 Å². The lowest BCUT2D eigenvalue weighted by Gasteiger charge is -2.18. The van der Waals surface area contributed by atoms with Gasteiger partial charge in [-0.3, -0.25) is 4.79 Å². The van der Waals surface area contributed by atoms with E-state index in [0.29, 0.717) is 10.8 Å². The number of fused-ring (bicyclic) bond motifs is 1. The van der Waals surface area contributed by atoms with E-state index in [9.17, 15) is 4.79 Å². The van der Waals surface area contributed by atoms with Crippen molar-refractivity contribution in [3.05, 3.63) is 40.3 Å². The Labute approximate surface area is 99.7 Å². The monoisotopic (exact) mass is 236 g/mol. The van der Waals surface area contributed by atoms with Crippen LogP contribution in [0.1, 0.15) is 22.5 Å². The van der Waals surface area contributed by atoms with Crippen molar-refractivity contribution in [2.45, 2.75) is 12.8 Å². The lowest BCUT2D eigenvalue weighted by molar-refractivity contribution is 0.101. The van der Waals surface area contributed by atoms with Gasteiger partial charge in [0.25, 0.3) is 0 Å². The molecule has 1 aromatic rings. The molecule has 0 N–H and O–H groups in total. The molecule has 0 unspecified atom stereocenters. The number of rotatable bonds is 1. The Balaban J connectivity index is 2.42. The van der Waals surface area contributed by atoms with Gasteiger partial charge in [0.1, 0.15) is 10.8 Å². The van der Waals surface area contributed by atoms with E-state index in [2.05, 4.69) is 4.98 Å². The number of hydrogen-bond acceptors (Lipinski definition) is 3. The molecule has 84 valence electrons. The number of halogens is 1. The first kappa shape index (κ1) is 11.1. The molecule has 16 heavy (non-hydrogen) atoms. The van der Waals surface area contributed by atoms with Gasteiger partial charge in [-0.05, 0) is 24.5 Å². The van der Waals surface area contributed by atoms with E-state index in [4.69, 9.17) is 11.6 Å². The van der Waals surface area contributed by atoms with E-state index in [0.717, 1.165) is 24.0 Å². The molecule has 2 rings (SSSR count). The summed E-state index contributed by atoms with van der Waals surface area (Å²) in [7, 11) is 3.81. The maximum Gasteiger partial charge on any atom is 0.209 e. The van der Waals surface area contributed by atoms with Gasteiger partial charge in [-0.15, -0.1) is 0 Å². The zero-order chi connectivity index (χ0) is 11.7. The normalized spacial score (nSPS) is 17.4. The van der Waals surface area contributed by atoms with E-state index < -0.39 is 0 Å². The van der Waals surface area contributed by atoms with Gasteiger partial charge in [0, 0.05) is 25.9 Å². The minimum absolute atomic E-state index is 0.00236. The van der Waals surface area contributed by atoms with Crippen LogP contribution in [0.3, 0.4) is 0 Å². The number of pyridine rings is 1. The molecule has 0 amide bonds. The number of aryl methyl sites for hydroxylation is 1. The highest BCUT2D eigenvalue weighted by molar-refractivity contribution is 6.29. The first-order valence-electron chi connectivity index (χ1n) is 5.15. The third kappa shape index (κ3) is 2.09. The maximum atomic E-state index is 12.1. The summed E-state index contributed by atoms with van der Waals surface area (Å²) in [5, 5.41) is 0.373. The molecule has 0 spiro atoms. The first-order chi connectivity index (χ1) is 7.58. The summed E-state index contributed by atoms with van der Waals surface area (Å²) in [6.45, 7) is 0. The van der Waals surface area contributed by atoms with Gasteiger partial charge in [0.15, 0.2) is 0 Å². The van der Waals surface area contributed by atoms with Crippen molar-refractivity contribution in [2.24, 2.45) is 0 Å². The average Bonchev–Trinajstić information content (AvgIpc) is 2.22. The Morgan fingerprint density at radius 3 is 2.81 bits per heavy atom. The summed E-state index contributed by atoms with van der Waals surface area (Å²) in [5.74, 6) is -0.00236. The molecule has 0 bridgehead atoms. The Hall–Kier alpha value is -1.35. The minimum atomic E-state index is -0.00236. The second kappa shape index (κ2) is 4.26. The molecule has 4 heteroatoms. The van der Waals surface area contributed by atoms with Crippen molar-refractivity contribution < 1.29 is 4.79 Å². The van der Waals surface area contributed by atoms with Crippen LogP contribution in [0, 0.1) is 0 Å². The van der Waals surface area contributed by atoms with Crippen molar-refractivity contribution in [3.63, 3.8) is 0 Å². The summed E-state index contributed by atoms with van der Waals surface area (Å²) in [5.41, 5.74) is 2.30. The molecular formula is C12H13ClN2O. The molecule has 0 aromatic carbocycles. The number of nitrogens with zero attached hydrogens (tertiary/aromatic N) is 2. The Morgan fingerprint density at radius 2 is 2.12 bits per heavy atom. The molecule has 0 radical (unpaired) electrons. The van der Waals surface area contributed by atoms with Gasteiger partial charge in [-0.1, -0.05) is 17.7 Å². The smallest absolute Gasteiger partial charge is 0.209 e.